The second kappa shape index (κ2) is 10.1. The first-order chi connectivity index (χ1) is 17.3. The third kappa shape index (κ3) is 6.27. The number of nitrogens with two attached hydrogens (primary N) is 1. The lowest BCUT2D eigenvalue weighted by molar-refractivity contribution is -0.143. The number of nitrogens with zero attached hydrogens (tertiary/aromatic N) is 4. The van der Waals surface area contributed by atoms with Gasteiger partial charge in [0.25, 0.3) is 10.1 Å². The van der Waals surface area contributed by atoms with Crippen molar-refractivity contribution in [3.8, 4) is 22.5 Å². The van der Waals surface area contributed by atoms with Gasteiger partial charge in [-0.25, -0.2) is 4.98 Å². The van der Waals surface area contributed by atoms with Gasteiger partial charge in [0.05, 0.1) is 16.3 Å². The number of fused-ring (bicyclic) bond motifs is 1. The molecular formula is C25H26F3N5O3S. The van der Waals surface area contributed by atoms with E-state index in [1.165, 1.54) is 19.2 Å². The van der Waals surface area contributed by atoms with E-state index in [-0.39, 0.29) is 10.9 Å². The predicted molar refractivity (Wildman–Crippen MR) is 132 cm³/mol. The average Bonchev–Trinajstić information content (AvgIpc) is 3.42. The second-order valence-corrected chi connectivity index (χ2v) is 10.3. The topological polar surface area (TPSA) is 116 Å². The van der Waals surface area contributed by atoms with Gasteiger partial charge in [-0.15, -0.1) is 0 Å². The zero-order valence-corrected chi connectivity index (χ0v) is 21.0. The largest absolute Gasteiger partial charge is 0.433 e. The van der Waals surface area contributed by atoms with E-state index in [4.69, 9.17) is 10.3 Å². The van der Waals surface area contributed by atoms with Gasteiger partial charge < -0.3 is 10.3 Å². The maximum atomic E-state index is 12.9. The van der Waals surface area contributed by atoms with Crippen LogP contribution in [0.1, 0.15) is 23.5 Å². The summed E-state index contributed by atoms with van der Waals surface area (Å²) in [4.78, 5) is 4.58. The highest BCUT2D eigenvalue weighted by atomic mass is 32.2. The molecule has 1 aliphatic heterocycles. The summed E-state index contributed by atoms with van der Waals surface area (Å²) >= 11 is 0. The van der Waals surface area contributed by atoms with Crippen LogP contribution in [0.5, 0.6) is 0 Å². The first-order valence-electron chi connectivity index (χ1n) is 11.4. The van der Waals surface area contributed by atoms with Crippen molar-refractivity contribution in [2.24, 2.45) is 12.8 Å². The number of alkyl halides is 3. The molecule has 1 aliphatic rings. The maximum Gasteiger partial charge on any atom is 0.433 e. The van der Waals surface area contributed by atoms with Crippen molar-refractivity contribution < 1.29 is 26.1 Å². The maximum absolute atomic E-state index is 12.9. The lowest BCUT2D eigenvalue weighted by Crippen LogP contribution is -2.31. The molecule has 12 heteroatoms. The summed E-state index contributed by atoms with van der Waals surface area (Å²) in [6.07, 6.45) is -0.661. The Bertz CT molecular complexity index is 1490. The molecule has 0 spiro atoms. The number of halogens is 3. The SMILES string of the molecule is Cc1ccc(S(=O)(=O)O)cc1.Cn1nc(-c2ccc(-c3cn4c(n3)CCC(N)C4)cc2)cc1C(F)(F)F. The lowest BCUT2D eigenvalue weighted by atomic mass is 10.1. The Kier molecular flexibility index (Phi) is 7.27. The van der Waals surface area contributed by atoms with Crippen molar-refractivity contribution >= 4 is 10.1 Å². The van der Waals surface area contributed by atoms with Gasteiger partial charge in [-0.2, -0.15) is 26.7 Å². The first-order valence-corrected chi connectivity index (χ1v) is 12.8. The van der Waals surface area contributed by atoms with Crippen LogP contribution in [0.2, 0.25) is 0 Å². The Morgan fingerprint density at radius 3 is 2.16 bits per heavy atom. The Morgan fingerprint density at radius 2 is 1.62 bits per heavy atom. The molecule has 196 valence electrons. The molecule has 5 rings (SSSR count). The van der Waals surface area contributed by atoms with E-state index in [9.17, 15) is 21.6 Å². The number of hydrogen-bond donors (Lipinski definition) is 2. The summed E-state index contributed by atoms with van der Waals surface area (Å²) in [6.45, 7) is 2.60. The van der Waals surface area contributed by atoms with Gasteiger partial charge in [-0.05, 0) is 31.5 Å². The number of benzene rings is 2. The molecule has 3 N–H and O–H groups in total. The van der Waals surface area contributed by atoms with E-state index in [1.807, 2.05) is 25.3 Å². The monoisotopic (exact) mass is 533 g/mol. The van der Waals surface area contributed by atoms with Gasteiger partial charge in [0, 0.05) is 43.4 Å². The van der Waals surface area contributed by atoms with Crippen molar-refractivity contribution in [3.63, 3.8) is 0 Å². The molecular weight excluding hydrogens is 507 g/mol. The highest BCUT2D eigenvalue weighted by Crippen LogP contribution is 2.32. The van der Waals surface area contributed by atoms with E-state index in [2.05, 4.69) is 14.6 Å². The van der Waals surface area contributed by atoms with Gasteiger partial charge in [0.2, 0.25) is 0 Å². The normalized spacial score (nSPS) is 15.6. The standard InChI is InChI=1S/C18H18F3N5.C7H8O3S/c1-25-16(18(19,20)21)8-14(24-25)11-2-4-12(5-3-11)15-10-26-9-13(22)6-7-17(26)23-15;1-6-2-4-7(5-3-6)11(8,9)10/h2-5,8,10,13H,6-7,9,22H2,1H3;2-5H,1H3,(H,8,9,10). The molecule has 1 atom stereocenters. The van der Waals surface area contributed by atoms with Gasteiger partial charge in [-0.3, -0.25) is 9.23 Å². The van der Waals surface area contributed by atoms with E-state index in [0.29, 0.717) is 11.3 Å². The first kappa shape index (κ1) is 26.6. The minimum absolute atomic E-state index is 0.0666. The minimum atomic E-state index is -4.42. The number of aryl methyl sites for hydroxylation is 3. The van der Waals surface area contributed by atoms with E-state index < -0.39 is 22.0 Å². The van der Waals surface area contributed by atoms with Gasteiger partial charge in [0.1, 0.15) is 11.5 Å². The molecule has 0 saturated heterocycles. The average molecular weight is 534 g/mol. The molecule has 4 aromatic rings. The van der Waals surface area contributed by atoms with Crippen LogP contribution in [0.25, 0.3) is 22.5 Å². The summed E-state index contributed by atoms with van der Waals surface area (Å²) in [5.41, 5.74) is 8.86. The van der Waals surface area contributed by atoms with Gasteiger partial charge in [-0.1, -0.05) is 42.0 Å². The molecule has 37 heavy (non-hydrogen) atoms. The summed E-state index contributed by atoms with van der Waals surface area (Å²) in [5.74, 6) is 1.02. The molecule has 0 fully saturated rings. The van der Waals surface area contributed by atoms with Crippen molar-refractivity contribution in [2.75, 3.05) is 0 Å². The molecule has 8 nitrogen and oxygen atoms in total. The molecule has 0 aliphatic carbocycles. The molecule has 0 bridgehead atoms. The molecule has 2 aromatic heterocycles. The Labute approximate surface area is 212 Å². The van der Waals surface area contributed by atoms with Crippen LogP contribution >= 0.6 is 0 Å². The Balaban J connectivity index is 0.000000245. The summed E-state index contributed by atoms with van der Waals surface area (Å²) in [5, 5.41) is 3.97. The fourth-order valence-electron chi connectivity index (χ4n) is 4.00. The second-order valence-electron chi connectivity index (χ2n) is 8.90. The highest BCUT2D eigenvalue weighted by Gasteiger charge is 2.35. The molecule has 0 saturated carbocycles. The Hall–Kier alpha value is -3.48. The molecule has 1 unspecified atom stereocenters. The third-order valence-corrected chi connectivity index (χ3v) is 6.86. The van der Waals surface area contributed by atoms with Crippen molar-refractivity contribution in [2.45, 2.75) is 43.4 Å². The van der Waals surface area contributed by atoms with Crippen LogP contribution in [-0.2, 0) is 36.3 Å². The summed E-state index contributed by atoms with van der Waals surface area (Å²) in [7, 11) is -2.73. The van der Waals surface area contributed by atoms with Gasteiger partial charge in [0.15, 0.2) is 0 Å². The molecule has 0 radical (unpaired) electrons. The highest BCUT2D eigenvalue weighted by molar-refractivity contribution is 7.85. The van der Waals surface area contributed by atoms with E-state index in [1.54, 1.807) is 24.3 Å². The minimum Gasteiger partial charge on any atom is -0.333 e. The number of imidazole rings is 1. The predicted octanol–water partition coefficient (Wildman–Crippen LogP) is 4.48. The molecule has 3 heterocycles. The van der Waals surface area contributed by atoms with Crippen LogP contribution < -0.4 is 5.73 Å². The smallest absolute Gasteiger partial charge is 0.333 e. The fourth-order valence-corrected chi connectivity index (χ4v) is 4.48. The summed E-state index contributed by atoms with van der Waals surface area (Å²) < 4.78 is 71.3. The lowest BCUT2D eigenvalue weighted by Gasteiger charge is -2.19. The number of aromatic nitrogens is 4. The quantitative estimate of drug-likeness (QED) is 0.375. The van der Waals surface area contributed by atoms with Crippen molar-refractivity contribution in [3.05, 3.63) is 77.9 Å². The number of rotatable bonds is 3. The summed E-state index contributed by atoms with van der Waals surface area (Å²) in [6, 6.07) is 14.4. The van der Waals surface area contributed by atoms with Crippen LogP contribution in [0.4, 0.5) is 13.2 Å². The van der Waals surface area contributed by atoms with Crippen LogP contribution in [-0.4, -0.2) is 38.3 Å². The van der Waals surface area contributed by atoms with E-state index in [0.717, 1.165) is 52.8 Å². The molecule has 2 aromatic carbocycles. The van der Waals surface area contributed by atoms with E-state index >= 15 is 0 Å². The third-order valence-electron chi connectivity index (χ3n) is 5.99. The Morgan fingerprint density at radius 1 is 1.03 bits per heavy atom. The number of hydrogen-bond acceptors (Lipinski definition) is 5. The van der Waals surface area contributed by atoms with Gasteiger partial charge >= 0.3 is 6.18 Å². The van der Waals surface area contributed by atoms with Crippen LogP contribution in [0.3, 0.4) is 0 Å². The zero-order valence-electron chi connectivity index (χ0n) is 20.1. The van der Waals surface area contributed by atoms with Crippen molar-refractivity contribution in [1.29, 1.82) is 0 Å². The zero-order chi connectivity index (χ0) is 27.0. The fraction of sp³-hybridized carbons (Fsp3) is 0.280. The molecule has 0 amide bonds. The van der Waals surface area contributed by atoms with Crippen LogP contribution in [0, 0.1) is 6.92 Å². The van der Waals surface area contributed by atoms with Crippen LogP contribution in [0.15, 0.2) is 65.7 Å². The van der Waals surface area contributed by atoms with Crippen molar-refractivity contribution in [1.82, 2.24) is 19.3 Å².